The molecule has 3 atom stereocenters. The van der Waals surface area contributed by atoms with Crippen LogP contribution in [0.4, 0.5) is 0 Å². The smallest absolute Gasteiger partial charge is 0.462 e. The average molecular weight is 1040 g/mol. The molecular formula is C60H107O11P. The number of rotatable bonds is 54. The van der Waals surface area contributed by atoms with Gasteiger partial charge in [-0.15, -0.1) is 0 Å². The average Bonchev–Trinajstić information content (AvgIpc) is 3.37. The monoisotopic (exact) mass is 1030 g/mol. The molecule has 0 heterocycles. The molecule has 0 aliphatic rings. The summed E-state index contributed by atoms with van der Waals surface area (Å²) >= 11 is 0. The van der Waals surface area contributed by atoms with Crippen LogP contribution in [0.5, 0.6) is 0 Å². The van der Waals surface area contributed by atoms with Gasteiger partial charge < -0.3 is 24.2 Å². The van der Waals surface area contributed by atoms with E-state index in [0.29, 0.717) is 19.3 Å². The molecule has 0 spiro atoms. The highest BCUT2D eigenvalue weighted by Crippen LogP contribution is 2.43. The zero-order chi connectivity index (χ0) is 52.7. The minimum absolute atomic E-state index is 0.114. The SMILES string of the molecule is CC/C=C\C/C=C\C/C=C\C/C=C\CCCCC(=O)OC(COC(=O)CCCCCCC/C=C\CCCCCCCC)COP(=O)(O)OCC(CO)OC(=O)CCCCCCCCCCCCCCCCC. The number of phosphoric ester groups is 1. The maximum absolute atomic E-state index is 12.9. The Kier molecular flexibility index (Phi) is 52.3. The Morgan fingerprint density at radius 3 is 1.15 bits per heavy atom. The van der Waals surface area contributed by atoms with Crippen LogP contribution in [0.2, 0.25) is 0 Å². The van der Waals surface area contributed by atoms with Gasteiger partial charge in [-0.25, -0.2) is 4.57 Å². The van der Waals surface area contributed by atoms with Crippen molar-refractivity contribution in [3.05, 3.63) is 60.8 Å². The third-order valence-electron chi connectivity index (χ3n) is 12.4. The lowest BCUT2D eigenvalue weighted by molar-refractivity contribution is -0.161. The predicted octanol–water partition coefficient (Wildman–Crippen LogP) is 17.1. The van der Waals surface area contributed by atoms with Crippen molar-refractivity contribution in [3.8, 4) is 0 Å². The number of hydrogen-bond acceptors (Lipinski definition) is 10. The number of unbranched alkanes of at least 4 members (excludes halogenated alkanes) is 27. The third-order valence-corrected chi connectivity index (χ3v) is 13.4. The number of carbonyl (C=O) groups excluding carboxylic acids is 3. The molecule has 0 amide bonds. The number of aliphatic hydroxyl groups excluding tert-OH is 1. The normalized spacial score (nSPS) is 13.8. The van der Waals surface area contributed by atoms with E-state index in [1.165, 1.54) is 109 Å². The first-order valence-electron chi connectivity index (χ1n) is 29.2. The molecule has 12 heteroatoms. The Hall–Kier alpha value is -2.82. The summed E-state index contributed by atoms with van der Waals surface area (Å²) in [5.41, 5.74) is 0. The third kappa shape index (κ3) is 52.1. The number of esters is 3. The van der Waals surface area contributed by atoms with E-state index in [0.717, 1.165) is 96.3 Å². The van der Waals surface area contributed by atoms with Crippen LogP contribution in [0, 0.1) is 0 Å². The van der Waals surface area contributed by atoms with E-state index in [1.54, 1.807) is 0 Å². The molecule has 3 unspecified atom stereocenters. The van der Waals surface area contributed by atoms with E-state index in [4.69, 9.17) is 23.3 Å². The maximum Gasteiger partial charge on any atom is 0.472 e. The minimum Gasteiger partial charge on any atom is -0.462 e. The van der Waals surface area contributed by atoms with Gasteiger partial charge in [-0.3, -0.25) is 23.4 Å². The van der Waals surface area contributed by atoms with Crippen molar-refractivity contribution in [2.75, 3.05) is 26.4 Å². The first-order chi connectivity index (χ1) is 35.2. The van der Waals surface area contributed by atoms with Crippen LogP contribution >= 0.6 is 7.82 Å². The summed E-state index contributed by atoms with van der Waals surface area (Å²) in [6.07, 6.45) is 58.9. The summed E-state index contributed by atoms with van der Waals surface area (Å²) in [4.78, 5) is 48.5. The first-order valence-corrected chi connectivity index (χ1v) is 30.7. The highest BCUT2D eigenvalue weighted by Gasteiger charge is 2.28. The summed E-state index contributed by atoms with van der Waals surface area (Å²) < 4.78 is 39.5. The van der Waals surface area contributed by atoms with Crippen molar-refractivity contribution in [1.82, 2.24) is 0 Å². The van der Waals surface area contributed by atoms with E-state index in [-0.39, 0.29) is 25.9 Å². The minimum atomic E-state index is -4.76. The molecule has 0 rings (SSSR count). The zero-order valence-corrected chi connectivity index (χ0v) is 47.0. The van der Waals surface area contributed by atoms with Crippen LogP contribution < -0.4 is 0 Å². The summed E-state index contributed by atoms with van der Waals surface area (Å²) in [5.74, 6) is -1.51. The van der Waals surface area contributed by atoms with Gasteiger partial charge in [-0.2, -0.15) is 0 Å². The van der Waals surface area contributed by atoms with Crippen molar-refractivity contribution in [2.45, 2.75) is 277 Å². The van der Waals surface area contributed by atoms with Gasteiger partial charge in [0.15, 0.2) is 6.10 Å². The van der Waals surface area contributed by atoms with Gasteiger partial charge >= 0.3 is 25.7 Å². The molecular weight excluding hydrogens is 928 g/mol. The Bertz CT molecular complexity index is 1440. The predicted molar refractivity (Wildman–Crippen MR) is 298 cm³/mol. The molecule has 72 heavy (non-hydrogen) atoms. The highest BCUT2D eigenvalue weighted by molar-refractivity contribution is 7.47. The molecule has 418 valence electrons. The number of hydrogen-bond donors (Lipinski definition) is 2. The van der Waals surface area contributed by atoms with Crippen LogP contribution in [0.1, 0.15) is 265 Å². The summed E-state index contributed by atoms with van der Waals surface area (Å²) in [6.45, 7) is 4.50. The van der Waals surface area contributed by atoms with E-state index >= 15 is 0 Å². The van der Waals surface area contributed by atoms with E-state index in [2.05, 4.69) is 81.5 Å². The molecule has 0 bridgehead atoms. The largest absolute Gasteiger partial charge is 0.472 e. The van der Waals surface area contributed by atoms with Crippen molar-refractivity contribution >= 4 is 25.7 Å². The number of ether oxygens (including phenoxy) is 3. The van der Waals surface area contributed by atoms with Gasteiger partial charge in [0.2, 0.25) is 0 Å². The quantitative estimate of drug-likeness (QED) is 0.0197. The van der Waals surface area contributed by atoms with Crippen molar-refractivity contribution in [3.63, 3.8) is 0 Å². The summed E-state index contributed by atoms with van der Waals surface area (Å²) in [6, 6.07) is 0. The Labute approximate surface area is 440 Å². The fourth-order valence-electron chi connectivity index (χ4n) is 7.99. The molecule has 0 saturated carbocycles. The van der Waals surface area contributed by atoms with E-state index < -0.39 is 57.8 Å². The second-order valence-electron chi connectivity index (χ2n) is 19.4. The molecule has 0 fully saturated rings. The lowest BCUT2D eigenvalue weighted by atomic mass is 10.0. The van der Waals surface area contributed by atoms with Crippen LogP contribution in [-0.4, -0.2) is 66.5 Å². The van der Waals surface area contributed by atoms with Crippen LogP contribution in [0.25, 0.3) is 0 Å². The molecule has 0 aliphatic carbocycles. The fraction of sp³-hybridized carbons (Fsp3) is 0.783. The summed E-state index contributed by atoms with van der Waals surface area (Å²) in [7, 11) is -4.76. The van der Waals surface area contributed by atoms with Crippen molar-refractivity contribution < 1.29 is 52.2 Å². The molecule has 0 saturated heterocycles. The van der Waals surface area contributed by atoms with Gasteiger partial charge in [-0.1, -0.05) is 223 Å². The Morgan fingerprint density at radius 2 is 0.722 bits per heavy atom. The second-order valence-corrected chi connectivity index (χ2v) is 20.9. The molecule has 0 aromatic carbocycles. The molecule has 2 N–H and O–H groups in total. The number of allylic oxidation sites excluding steroid dienone is 10. The fourth-order valence-corrected chi connectivity index (χ4v) is 8.77. The molecule has 11 nitrogen and oxygen atoms in total. The lowest BCUT2D eigenvalue weighted by Crippen LogP contribution is -2.30. The lowest BCUT2D eigenvalue weighted by Gasteiger charge is -2.21. The second kappa shape index (κ2) is 54.4. The molecule has 0 radical (unpaired) electrons. The van der Waals surface area contributed by atoms with Crippen molar-refractivity contribution in [1.29, 1.82) is 0 Å². The van der Waals surface area contributed by atoms with Crippen LogP contribution in [-0.2, 0) is 42.2 Å². The number of carbonyl (C=O) groups is 3. The first kappa shape index (κ1) is 69.2. The molecule has 0 aromatic heterocycles. The van der Waals surface area contributed by atoms with E-state index in [1.807, 2.05) is 0 Å². The van der Waals surface area contributed by atoms with Gasteiger partial charge in [0.25, 0.3) is 0 Å². The van der Waals surface area contributed by atoms with Gasteiger partial charge in [0.1, 0.15) is 12.7 Å². The summed E-state index contributed by atoms with van der Waals surface area (Å²) in [5, 5.41) is 9.82. The van der Waals surface area contributed by atoms with E-state index in [9.17, 15) is 28.9 Å². The Morgan fingerprint density at radius 1 is 0.403 bits per heavy atom. The highest BCUT2D eigenvalue weighted by atomic mass is 31.2. The number of aliphatic hydroxyl groups is 1. The van der Waals surface area contributed by atoms with Gasteiger partial charge in [-0.05, 0) is 83.5 Å². The standard InChI is InChI=1S/C60H107O11P/c1-4-7-10-13-16-19-22-25-28-31-34-37-40-43-46-49-58(62)67-53-57(71-60(64)51-48-45-42-39-36-33-30-27-24-21-18-15-12-9-6-3)55-69-72(65,66)68-54-56(52-61)70-59(63)50-47-44-41-38-35-32-29-26-23-20-17-14-11-8-5-2/h9,12,18,21,25,27-28,30,36,39,56-57,61H,4-8,10-11,13-17,19-20,22-24,26,29,31-35,37-38,40-55H2,1-3H3,(H,65,66)/b12-9-,21-18-,28-25-,30-27-,39-36-. The number of phosphoric acid groups is 1. The van der Waals surface area contributed by atoms with Crippen molar-refractivity contribution in [2.24, 2.45) is 0 Å². The molecule has 0 aromatic rings. The van der Waals surface area contributed by atoms with Gasteiger partial charge in [0, 0.05) is 19.3 Å². The zero-order valence-electron chi connectivity index (χ0n) is 46.1. The molecule has 0 aliphatic heterocycles. The topological polar surface area (TPSA) is 155 Å². The Balaban J connectivity index is 4.75. The van der Waals surface area contributed by atoms with Gasteiger partial charge in [0.05, 0.1) is 19.8 Å². The van der Waals surface area contributed by atoms with Crippen LogP contribution in [0.3, 0.4) is 0 Å². The van der Waals surface area contributed by atoms with Crippen LogP contribution in [0.15, 0.2) is 60.8 Å². The maximum atomic E-state index is 12.9.